The predicted molar refractivity (Wildman–Crippen MR) is 107 cm³/mol. The Hall–Kier alpha value is -3.59. The first-order valence-electron chi connectivity index (χ1n) is 8.81. The number of benzene rings is 3. The van der Waals surface area contributed by atoms with Crippen molar-refractivity contribution >= 4 is 22.4 Å². The van der Waals surface area contributed by atoms with Gasteiger partial charge in [-0.05, 0) is 11.1 Å². The average Bonchev–Trinajstić information content (AvgIpc) is 3.25. The fourth-order valence-electron chi connectivity index (χ4n) is 2.89. The zero-order chi connectivity index (χ0) is 22.1. The Morgan fingerprint density at radius 2 is 1.23 bits per heavy atom. The van der Waals surface area contributed by atoms with E-state index in [1.807, 2.05) is 54.6 Å². The highest BCUT2D eigenvalue weighted by atomic mass is 32.1. The minimum absolute atomic E-state index is 0.0592. The normalized spacial score (nSPS) is 10.9. The molecule has 156 valence electrons. The van der Waals surface area contributed by atoms with E-state index >= 15 is 0 Å². The lowest BCUT2D eigenvalue weighted by atomic mass is 10.0. The number of anilines is 1. The number of hydrogen-bond acceptors (Lipinski definition) is 3. The summed E-state index contributed by atoms with van der Waals surface area (Å²) in [5.74, 6) is -12.6. The van der Waals surface area contributed by atoms with Crippen LogP contribution >= 0.6 is 11.3 Å². The summed E-state index contributed by atoms with van der Waals surface area (Å²) in [5, 5.41) is 3.60. The molecule has 4 rings (SSSR count). The van der Waals surface area contributed by atoms with Crippen LogP contribution in [0.5, 0.6) is 0 Å². The molecule has 0 saturated heterocycles. The standard InChI is InChI=1S/C22H11F5N2OS/c23-16-15(17(24)19(26)20(27)18(16)25)21(30)29-22-28-14(10-31-22)13-8-6-12(7-9-13)11-4-2-1-3-5-11/h1-10H,(H,28,29,30). The first-order chi connectivity index (χ1) is 14.9. The van der Waals surface area contributed by atoms with E-state index in [4.69, 9.17) is 0 Å². The lowest BCUT2D eigenvalue weighted by molar-refractivity contribution is 0.101. The molecule has 3 nitrogen and oxygen atoms in total. The van der Waals surface area contributed by atoms with Crippen LogP contribution in [-0.4, -0.2) is 10.9 Å². The molecule has 31 heavy (non-hydrogen) atoms. The molecule has 3 aromatic carbocycles. The first-order valence-corrected chi connectivity index (χ1v) is 9.69. The van der Waals surface area contributed by atoms with Crippen molar-refractivity contribution in [2.45, 2.75) is 0 Å². The highest BCUT2D eigenvalue weighted by Crippen LogP contribution is 2.29. The second-order valence-corrected chi connectivity index (χ2v) is 7.24. The molecule has 1 aromatic heterocycles. The lowest BCUT2D eigenvalue weighted by Crippen LogP contribution is -2.19. The third kappa shape index (κ3) is 3.91. The van der Waals surface area contributed by atoms with Gasteiger partial charge < -0.3 is 0 Å². The molecule has 1 heterocycles. The highest BCUT2D eigenvalue weighted by Gasteiger charge is 2.30. The summed E-state index contributed by atoms with van der Waals surface area (Å²) >= 11 is 0.942. The highest BCUT2D eigenvalue weighted by molar-refractivity contribution is 7.14. The number of hydrogen-bond donors (Lipinski definition) is 1. The summed E-state index contributed by atoms with van der Waals surface area (Å²) in [7, 11) is 0. The molecule has 0 unspecified atom stereocenters. The number of rotatable bonds is 4. The molecule has 1 N–H and O–H groups in total. The minimum atomic E-state index is -2.33. The molecule has 0 aliphatic rings. The van der Waals surface area contributed by atoms with E-state index in [0.29, 0.717) is 11.3 Å². The van der Waals surface area contributed by atoms with Crippen molar-refractivity contribution in [2.24, 2.45) is 0 Å². The minimum Gasteiger partial charge on any atom is -0.298 e. The van der Waals surface area contributed by atoms with Crippen molar-refractivity contribution in [3.63, 3.8) is 0 Å². The van der Waals surface area contributed by atoms with Crippen LogP contribution in [0.1, 0.15) is 10.4 Å². The molecule has 0 saturated carbocycles. The Labute approximate surface area is 176 Å². The van der Waals surface area contributed by atoms with Gasteiger partial charge in [0.25, 0.3) is 5.91 Å². The van der Waals surface area contributed by atoms with E-state index in [1.54, 1.807) is 5.38 Å². The smallest absolute Gasteiger partial charge is 0.263 e. The second kappa shape index (κ2) is 8.27. The molecule has 0 fully saturated rings. The quantitative estimate of drug-likeness (QED) is 0.223. The zero-order valence-electron chi connectivity index (χ0n) is 15.4. The number of amides is 1. The molecule has 0 spiro atoms. The van der Waals surface area contributed by atoms with Gasteiger partial charge in [-0.25, -0.2) is 26.9 Å². The van der Waals surface area contributed by atoms with Crippen molar-refractivity contribution in [3.05, 3.63) is 94.6 Å². The van der Waals surface area contributed by atoms with E-state index in [2.05, 4.69) is 10.3 Å². The van der Waals surface area contributed by atoms with Crippen LogP contribution < -0.4 is 5.32 Å². The summed E-state index contributed by atoms with van der Waals surface area (Å²) in [4.78, 5) is 16.3. The van der Waals surface area contributed by atoms with Gasteiger partial charge in [0.15, 0.2) is 28.4 Å². The Morgan fingerprint density at radius 1 is 0.710 bits per heavy atom. The summed E-state index contributed by atoms with van der Waals surface area (Å²) in [6.45, 7) is 0. The summed E-state index contributed by atoms with van der Waals surface area (Å²) in [6.07, 6.45) is 0. The Balaban J connectivity index is 1.56. The topological polar surface area (TPSA) is 42.0 Å². The van der Waals surface area contributed by atoms with Crippen LogP contribution in [0.4, 0.5) is 27.1 Å². The Kier molecular flexibility index (Phi) is 5.51. The van der Waals surface area contributed by atoms with Gasteiger partial charge in [0.1, 0.15) is 5.56 Å². The number of aromatic nitrogens is 1. The Bertz CT molecular complexity index is 1240. The van der Waals surface area contributed by atoms with Gasteiger partial charge in [0.05, 0.1) is 5.69 Å². The van der Waals surface area contributed by atoms with Crippen LogP contribution in [0, 0.1) is 29.1 Å². The summed E-state index contributed by atoms with van der Waals surface area (Å²) in [6, 6.07) is 17.1. The van der Waals surface area contributed by atoms with Crippen LogP contribution in [-0.2, 0) is 0 Å². The third-order valence-corrected chi connectivity index (χ3v) is 5.21. The van der Waals surface area contributed by atoms with Crippen molar-refractivity contribution in [3.8, 4) is 22.4 Å². The van der Waals surface area contributed by atoms with E-state index in [-0.39, 0.29) is 5.13 Å². The lowest BCUT2D eigenvalue weighted by Gasteiger charge is -2.07. The van der Waals surface area contributed by atoms with Crippen molar-refractivity contribution in [2.75, 3.05) is 5.32 Å². The van der Waals surface area contributed by atoms with Crippen LogP contribution in [0.15, 0.2) is 60.0 Å². The van der Waals surface area contributed by atoms with Gasteiger partial charge >= 0.3 is 0 Å². The van der Waals surface area contributed by atoms with E-state index in [1.165, 1.54) is 0 Å². The molecule has 0 aliphatic heterocycles. The van der Waals surface area contributed by atoms with Crippen LogP contribution in [0.25, 0.3) is 22.4 Å². The molecule has 0 bridgehead atoms. The average molecular weight is 446 g/mol. The molecule has 0 aliphatic carbocycles. The third-order valence-electron chi connectivity index (χ3n) is 4.45. The van der Waals surface area contributed by atoms with Gasteiger partial charge in [0, 0.05) is 10.9 Å². The van der Waals surface area contributed by atoms with Crippen molar-refractivity contribution in [1.82, 2.24) is 4.98 Å². The number of halogens is 5. The maximum atomic E-state index is 13.8. The van der Waals surface area contributed by atoms with Gasteiger partial charge in [-0.15, -0.1) is 11.3 Å². The zero-order valence-corrected chi connectivity index (χ0v) is 16.2. The number of nitrogens with one attached hydrogen (secondary N) is 1. The van der Waals surface area contributed by atoms with Crippen molar-refractivity contribution in [1.29, 1.82) is 0 Å². The maximum Gasteiger partial charge on any atom is 0.263 e. The van der Waals surface area contributed by atoms with Gasteiger partial charge in [-0.2, -0.15) is 0 Å². The molecular weight excluding hydrogens is 435 g/mol. The van der Waals surface area contributed by atoms with Gasteiger partial charge in [-0.3, -0.25) is 10.1 Å². The number of thiazole rings is 1. The van der Waals surface area contributed by atoms with E-state index < -0.39 is 40.6 Å². The Morgan fingerprint density at radius 3 is 1.84 bits per heavy atom. The van der Waals surface area contributed by atoms with Crippen LogP contribution in [0.3, 0.4) is 0 Å². The fraction of sp³-hybridized carbons (Fsp3) is 0. The van der Waals surface area contributed by atoms with Crippen LogP contribution in [0.2, 0.25) is 0 Å². The monoisotopic (exact) mass is 446 g/mol. The maximum absolute atomic E-state index is 13.8. The van der Waals surface area contributed by atoms with Gasteiger partial charge in [0.2, 0.25) is 5.82 Å². The largest absolute Gasteiger partial charge is 0.298 e. The molecule has 1 amide bonds. The predicted octanol–water partition coefficient (Wildman–Crippen LogP) is 6.42. The number of nitrogens with zero attached hydrogens (tertiary/aromatic N) is 1. The number of carbonyl (C=O) groups excluding carboxylic acids is 1. The molecule has 9 heteroatoms. The van der Waals surface area contributed by atoms with E-state index in [9.17, 15) is 26.7 Å². The summed E-state index contributed by atoms with van der Waals surface area (Å²) in [5.41, 5.74) is 1.63. The second-order valence-electron chi connectivity index (χ2n) is 6.38. The van der Waals surface area contributed by atoms with Gasteiger partial charge in [-0.1, -0.05) is 54.6 Å². The van der Waals surface area contributed by atoms with E-state index in [0.717, 1.165) is 22.5 Å². The molecule has 4 aromatic rings. The molecule has 0 atom stereocenters. The first kappa shape index (κ1) is 20.7. The summed E-state index contributed by atoms with van der Waals surface area (Å²) < 4.78 is 67.4. The van der Waals surface area contributed by atoms with Crippen molar-refractivity contribution < 1.29 is 26.7 Å². The fourth-order valence-corrected chi connectivity index (χ4v) is 3.61. The number of carbonyl (C=O) groups is 1. The SMILES string of the molecule is O=C(Nc1nc(-c2ccc(-c3ccccc3)cc2)cs1)c1c(F)c(F)c(F)c(F)c1F. The molecule has 0 radical (unpaired) electrons. The molecular formula is C22H11F5N2OS.